The van der Waals surface area contributed by atoms with Crippen molar-refractivity contribution in [3.8, 4) is 0 Å². The van der Waals surface area contributed by atoms with Crippen LogP contribution in [0, 0.1) is 0 Å². The summed E-state index contributed by atoms with van der Waals surface area (Å²) in [5, 5.41) is 8.38. The Hall–Kier alpha value is -0.750. The van der Waals surface area contributed by atoms with Crippen LogP contribution in [0.3, 0.4) is 0 Å². The average Bonchev–Trinajstić information content (AvgIpc) is 3.06. The zero-order valence-electron chi connectivity index (χ0n) is 13.7. The van der Waals surface area contributed by atoms with Crippen molar-refractivity contribution in [2.75, 3.05) is 39.3 Å². The summed E-state index contributed by atoms with van der Waals surface area (Å²) in [5.41, 5.74) is 0. The molecule has 0 bridgehead atoms. The van der Waals surface area contributed by atoms with Gasteiger partial charge in [0.25, 0.3) is 0 Å². The van der Waals surface area contributed by atoms with Gasteiger partial charge in [-0.2, -0.15) is 4.31 Å². The van der Waals surface area contributed by atoms with Crippen LogP contribution >= 0.6 is 12.4 Å². The molecule has 0 aliphatic carbocycles. The Morgan fingerprint density at radius 2 is 1.68 bits per heavy atom. The van der Waals surface area contributed by atoms with Crippen LogP contribution in [0.5, 0.6) is 0 Å². The molecular weight excluding hydrogens is 388 g/mol. The lowest BCUT2D eigenvalue weighted by Crippen LogP contribution is -2.49. The van der Waals surface area contributed by atoms with Crippen molar-refractivity contribution >= 4 is 32.5 Å². The number of nitrogens with one attached hydrogen (secondary N) is 1. The van der Waals surface area contributed by atoms with Crippen LogP contribution in [0.25, 0.3) is 0 Å². The van der Waals surface area contributed by atoms with Gasteiger partial charge in [-0.3, -0.25) is 4.90 Å². The van der Waals surface area contributed by atoms with Gasteiger partial charge in [-0.15, -0.1) is 12.4 Å². The van der Waals surface area contributed by atoms with Gasteiger partial charge in [0, 0.05) is 45.3 Å². The largest absolute Gasteiger partial charge is 0.314 e. The third-order valence-corrected chi connectivity index (χ3v) is 7.34. The van der Waals surface area contributed by atoms with Crippen LogP contribution in [0.15, 0.2) is 34.1 Å². The minimum Gasteiger partial charge on any atom is -0.314 e. The van der Waals surface area contributed by atoms with Crippen molar-refractivity contribution < 1.29 is 16.8 Å². The molecule has 2 fully saturated rings. The van der Waals surface area contributed by atoms with Crippen LogP contribution < -0.4 is 10.5 Å². The second-order valence-electron chi connectivity index (χ2n) is 6.11. The number of rotatable bonds is 4. The minimum absolute atomic E-state index is 0. The molecule has 8 nitrogen and oxygen atoms in total. The molecule has 3 N–H and O–H groups in total. The second-order valence-corrected chi connectivity index (χ2v) is 9.61. The molecule has 0 radical (unpaired) electrons. The van der Waals surface area contributed by atoms with E-state index in [1.54, 1.807) is 0 Å². The number of piperazine rings is 1. The van der Waals surface area contributed by atoms with E-state index in [2.05, 4.69) is 10.2 Å². The Bertz CT molecular complexity index is 810. The first-order chi connectivity index (χ1) is 11.3. The number of benzene rings is 1. The number of nitrogens with two attached hydrogens (primary N) is 1. The lowest BCUT2D eigenvalue weighted by molar-refractivity contribution is 0.179. The SMILES string of the molecule is Cl.NS(=O)(=O)c1cccc(S(=O)(=O)N2CCC(N3CCNCC3)C2)c1. The van der Waals surface area contributed by atoms with Gasteiger partial charge in [0.1, 0.15) is 0 Å². The summed E-state index contributed by atoms with van der Waals surface area (Å²) in [5.74, 6) is 0. The summed E-state index contributed by atoms with van der Waals surface area (Å²) >= 11 is 0. The summed E-state index contributed by atoms with van der Waals surface area (Å²) in [7, 11) is -7.66. The molecule has 2 saturated heterocycles. The fourth-order valence-corrected chi connectivity index (χ4v) is 5.41. The summed E-state index contributed by atoms with van der Waals surface area (Å²) < 4.78 is 49.9. The van der Waals surface area contributed by atoms with Gasteiger partial charge in [0.15, 0.2) is 0 Å². The number of hydrogen-bond donors (Lipinski definition) is 2. The van der Waals surface area contributed by atoms with Crippen molar-refractivity contribution in [1.29, 1.82) is 0 Å². The normalized spacial score (nSPS) is 23.3. The Kier molecular flexibility index (Phi) is 6.47. The highest BCUT2D eigenvalue weighted by Gasteiger charge is 2.35. The lowest BCUT2D eigenvalue weighted by atomic mass is 10.2. The van der Waals surface area contributed by atoms with E-state index in [1.807, 2.05) is 0 Å². The number of halogens is 1. The highest BCUT2D eigenvalue weighted by molar-refractivity contribution is 7.90. The first-order valence-corrected chi connectivity index (χ1v) is 10.8. The van der Waals surface area contributed by atoms with E-state index in [0.29, 0.717) is 13.1 Å². The standard InChI is InChI=1S/C14H22N4O4S2.ClH/c15-23(19,20)13-2-1-3-14(10-13)24(21,22)18-7-4-12(11-18)17-8-5-16-6-9-17;/h1-3,10,12,16H,4-9,11H2,(H2,15,19,20);1H. The number of sulfonamides is 2. The van der Waals surface area contributed by atoms with Crippen LogP contribution in [-0.2, 0) is 20.0 Å². The van der Waals surface area contributed by atoms with Crippen LogP contribution in [0.1, 0.15) is 6.42 Å². The van der Waals surface area contributed by atoms with Crippen LogP contribution in [0.4, 0.5) is 0 Å². The van der Waals surface area contributed by atoms with Crippen molar-refractivity contribution in [3.63, 3.8) is 0 Å². The smallest absolute Gasteiger partial charge is 0.243 e. The molecule has 2 heterocycles. The quantitative estimate of drug-likeness (QED) is 0.687. The Labute approximate surface area is 154 Å². The van der Waals surface area contributed by atoms with Gasteiger partial charge < -0.3 is 5.32 Å². The summed E-state index contributed by atoms with van der Waals surface area (Å²) in [6, 6.07) is 5.44. The fourth-order valence-electron chi connectivity index (χ4n) is 3.23. The molecule has 3 rings (SSSR count). The summed E-state index contributed by atoms with van der Waals surface area (Å²) in [6.07, 6.45) is 0.786. The molecule has 25 heavy (non-hydrogen) atoms. The molecule has 1 atom stereocenters. The second kappa shape index (κ2) is 7.87. The van der Waals surface area contributed by atoms with Crippen LogP contribution in [-0.4, -0.2) is 71.4 Å². The summed E-state index contributed by atoms with van der Waals surface area (Å²) in [6.45, 7) is 4.54. The molecular formula is C14H23ClN4O4S2. The first-order valence-electron chi connectivity index (χ1n) is 7.86. The van der Waals surface area contributed by atoms with Crippen LogP contribution in [0.2, 0.25) is 0 Å². The van der Waals surface area contributed by atoms with Gasteiger partial charge in [0.05, 0.1) is 9.79 Å². The number of primary sulfonamides is 1. The number of hydrogen-bond acceptors (Lipinski definition) is 6. The molecule has 0 spiro atoms. The molecule has 2 aliphatic rings. The molecule has 142 valence electrons. The lowest BCUT2D eigenvalue weighted by Gasteiger charge is -2.32. The monoisotopic (exact) mass is 410 g/mol. The molecule has 0 saturated carbocycles. The molecule has 1 aromatic rings. The van der Waals surface area contributed by atoms with Gasteiger partial charge in [-0.05, 0) is 24.6 Å². The van der Waals surface area contributed by atoms with Gasteiger partial charge in [-0.1, -0.05) is 6.07 Å². The molecule has 1 aromatic carbocycles. The van der Waals surface area contributed by atoms with Gasteiger partial charge in [0.2, 0.25) is 20.0 Å². The fraction of sp³-hybridized carbons (Fsp3) is 0.571. The van der Waals surface area contributed by atoms with E-state index >= 15 is 0 Å². The van der Waals surface area contributed by atoms with E-state index in [1.165, 1.54) is 22.5 Å². The van der Waals surface area contributed by atoms with E-state index in [-0.39, 0.29) is 28.2 Å². The molecule has 11 heteroatoms. The molecule has 2 aliphatic heterocycles. The van der Waals surface area contributed by atoms with Gasteiger partial charge >= 0.3 is 0 Å². The van der Waals surface area contributed by atoms with Gasteiger partial charge in [-0.25, -0.2) is 22.0 Å². The van der Waals surface area contributed by atoms with E-state index in [4.69, 9.17) is 5.14 Å². The Balaban J connectivity index is 0.00000225. The Morgan fingerprint density at radius 1 is 1.04 bits per heavy atom. The minimum atomic E-state index is -3.94. The number of nitrogens with zero attached hydrogens (tertiary/aromatic N) is 2. The molecule has 1 unspecified atom stereocenters. The average molecular weight is 411 g/mol. The van der Waals surface area contributed by atoms with Crippen molar-refractivity contribution in [3.05, 3.63) is 24.3 Å². The predicted octanol–water partition coefficient (Wildman–Crippen LogP) is -0.576. The van der Waals surface area contributed by atoms with Crippen molar-refractivity contribution in [2.24, 2.45) is 5.14 Å². The van der Waals surface area contributed by atoms with E-state index in [9.17, 15) is 16.8 Å². The first kappa shape index (κ1) is 20.6. The molecule has 0 aromatic heterocycles. The summed E-state index contributed by atoms with van der Waals surface area (Å²) in [4.78, 5) is 2.09. The zero-order valence-corrected chi connectivity index (χ0v) is 16.1. The van der Waals surface area contributed by atoms with E-state index in [0.717, 1.165) is 38.7 Å². The van der Waals surface area contributed by atoms with E-state index < -0.39 is 20.0 Å². The third kappa shape index (κ3) is 4.51. The zero-order chi connectivity index (χ0) is 17.4. The highest BCUT2D eigenvalue weighted by Crippen LogP contribution is 2.25. The van der Waals surface area contributed by atoms with Crippen molar-refractivity contribution in [2.45, 2.75) is 22.3 Å². The highest BCUT2D eigenvalue weighted by atomic mass is 35.5. The molecule has 0 amide bonds. The maximum Gasteiger partial charge on any atom is 0.243 e. The Morgan fingerprint density at radius 3 is 2.32 bits per heavy atom. The maximum atomic E-state index is 12.8. The topological polar surface area (TPSA) is 113 Å². The third-order valence-electron chi connectivity index (χ3n) is 4.57. The maximum absolute atomic E-state index is 12.8. The van der Waals surface area contributed by atoms with Crippen molar-refractivity contribution in [1.82, 2.24) is 14.5 Å². The predicted molar refractivity (Wildman–Crippen MR) is 96.7 cm³/mol.